The molecule has 0 saturated carbocycles. The molecule has 0 unspecified atom stereocenters. The summed E-state index contributed by atoms with van der Waals surface area (Å²) in [5.74, 6) is 2.06. The van der Waals surface area contributed by atoms with E-state index >= 15 is 0 Å². The van der Waals surface area contributed by atoms with Gasteiger partial charge in [0.15, 0.2) is 11.5 Å². The lowest BCUT2D eigenvalue weighted by Gasteiger charge is -2.13. The molecule has 158 valence electrons. The summed E-state index contributed by atoms with van der Waals surface area (Å²) >= 11 is 0. The second-order valence-corrected chi connectivity index (χ2v) is 7.07. The number of carbonyl (C=O) groups is 1. The lowest BCUT2D eigenvalue weighted by molar-refractivity contribution is -0.121. The van der Waals surface area contributed by atoms with E-state index in [1.165, 1.54) is 5.56 Å². The summed E-state index contributed by atoms with van der Waals surface area (Å²) in [6.07, 6.45) is 2.50. The third-order valence-electron chi connectivity index (χ3n) is 4.79. The van der Waals surface area contributed by atoms with Crippen molar-refractivity contribution in [1.82, 2.24) is 15.5 Å². The number of nitrogens with one attached hydrogen (secondary N) is 1. The molecule has 0 spiro atoms. The smallest absolute Gasteiger partial charge is 0.227 e. The van der Waals surface area contributed by atoms with Crippen LogP contribution in [0.3, 0.4) is 0 Å². The molecule has 0 saturated heterocycles. The quantitative estimate of drug-likeness (QED) is 0.548. The van der Waals surface area contributed by atoms with Gasteiger partial charge in [0.2, 0.25) is 17.6 Å². The van der Waals surface area contributed by atoms with Crippen LogP contribution in [-0.4, -0.2) is 36.3 Å². The van der Waals surface area contributed by atoms with Gasteiger partial charge < -0.3 is 19.3 Å². The van der Waals surface area contributed by atoms with Crippen LogP contribution < -0.4 is 14.8 Å². The first-order valence-electron chi connectivity index (χ1n) is 9.97. The molecule has 2 aromatic carbocycles. The Bertz CT molecular complexity index is 956. The molecule has 0 bridgehead atoms. The molecule has 1 N–H and O–H groups in total. The number of aryl methyl sites for hydroxylation is 2. The molecule has 1 atom stereocenters. The first kappa shape index (κ1) is 21.4. The maximum Gasteiger partial charge on any atom is 0.227 e. The molecule has 1 amide bonds. The normalized spacial score (nSPS) is 11.7. The average molecular weight is 409 g/mol. The molecule has 0 radical (unpaired) electrons. The van der Waals surface area contributed by atoms with Crippen molar-refractivity contribution in [2.75, 3.05) is 14.2 Å². The van der Waals surface area contributed by atoms with Gasteiger partial charge in [-0.25, -0.2) is 0 Å². The molecular weight excluding hydrogens is 382 g/mol. The summed E-state index contributed by atoms with van der Waals surface area (Å²) in [6, 6.07) is 15.8. The van der Waals surface area contributed by atoms with E-state index in [4.69, 9.17) is 14.0 Å². The number of carbonyl (C=O) groups excluding carboxylic acids is 1. The van der Waals surface area contributed by atoms with E-state index in [1.54, 1.807) is 26.4 Å². The third kappa shape index (κ3) is 5.83. The number of ether oxygens (including phenoxy) is 2. The number of amides is 1. The van der Waals surface area contributed by atoms with Crippen LogP contribution in [0.2, 0.25) is 0 Å². The van der Waals surface area contributed by atoms with Gasteiger partial charge in [-0.2, -0.15) is 4.98 Å². The van der Waals surface area contributed by atoms with Crippen LogP contribution >= 0.6 is 0 Å². The largest absolute Gasteiger partial charge is 0.493 e. The van der Waals surface area contributed by atoms with E-state index < -0.39 is 0 Å². The molecule has 0 fully saturated rings. The monoisotopic (exact) mass is 409 g/mol. The van der Waals surface area contributed by atoms with Gasteiger partial charge in [-0.15, -0.1) is 0 Å². The van der Waals surface area contributed by atoms with Gasteiger partial charge >= 0.3 is 0 Å². The summed E-state index contributed by atoms with van der Waals surface area (Å²) in [5, 5.41) is 7.03. The van der Waals surface area contributed by atoms with E-state index in [0.717, 1.165) is 18.4 Å². The fourth-order valence-electron chi connectivity index (χ4n) is 3.12. The Hall–Kier alpha value is -3.35. The minimum atomic E-state index is -0.0265. The van der Waals surface area contributed by atoms with Gasteiger partial charge in [0, 0.05) is 24.4 Å². The number of nitrogens with zero attached hydrogens (tertiary/aromatic N) is 2. The SMILES string of the molecule is COc1ccc(-c2noc(CCC(=O)N[C@H](C)CCc3ccccc3)n2)cc1OC. The van der Waals surface area contributed by atoms with Crippen molar-refractivity contribution in [1.29, 1.82) is 0 Å². The number of benzene rings is 2. The molecule has 7 nitrogen and oxygen atoms in total. The van der Waals surface area contributed by atoms with Crippen LogP contribution in [0.25, 0.3) is 11.4 Å². The van der Waals surface area contributed by atoms with Crippen molar-refractivity contribution in [2.24, 2.45) is 0 Å². The highest BCUT2D eigenvalue weighted by molar-refractivity contribution is 5.76. The standard InChI is InChI=1S/C23H27N3O4/c1-16(9-10-17-7-5-4-6-8-17)24-21(27)13-14-22-25-23(26-30-22)18-11-12-19(28-2)20(15-18)29-3/h4-8,11-12,15-16H,9-10,13-14H2,1-3H3,(H,24,27)/t16-/m1/s1. The van der Waals surface area contributed by atoms with Crippen molar-refractivity contribution in [3.63, 3.8) is 0 Å². The number of hydrogen-bond acceptors (Lipinski definition) is 6. The zero-order chi connectivity index (χ0) is 21.3. The summed E-state index contributed by atoms with van der Waals surface area (Å²) in [7, 11) is 3.15. The van der Waals surface area contributed by atoms with E-state index in [1.807, 2.05) is 31.2 Å². The Morgan fingerprint density at radius 1 is 1.07 bits per heavy atom. The Morgan fingerprint density at radius 3 is 2.57 bits per heavy atom. The molecule has 30 heavy (non-hydrogen) atoms. The number of hydrogen-bond donors (Lipinski definition) is 1. The predicted molar refractivity (Wildman–Crippen MR) is 114 cm³/mol. The minimum absolute atomic E-state index is 0.0265. The maximum atomic E-state index is 12.2. The van der Waals surface area contributed by atoms with Crippen LogP contribution in [0.4, 0.5) is 0 Å². The number of aromatic nitrogens is 2. The van der Waals surface area contributed by atoms with Crippen molar-refractivity contribution < 1.29 is 18.8 Å². The summed E-state index contributed by atoms with van der Waals surface area (Å²) in [5.41, 5.74) is 2.02. The Morgan fingerprint density at radius 2 is 1.83 bits per heavy atom. The topological polar surface area (TPSA) is 86.5 Å². The van der Waals surface area contributed by atoms with Crippen LogP contribution in [0.15, 0.2) is 53.1 Å². The fourth-order valence-corrected chi connectivity index (χ4v) is 3.12. The molecule has 3 rings (SSSR count). The summed E-state index contributed by atoms with van der Waals surface area (Å²) in [6.45, 7) is 2.02. The molecule has 1 heterocycles. The van der Waals surface area contributed by atoms with Gasteiger partial charge in [0.1, 0.15) is 0 Å². The van der Waals surface area contributed by atoms with Gasteiger partial charge in [-0.3, -0.25) is 4.79 Å². The zero-order valence-electron chi connectivity index (χ0n) is 17.6. The molecule has 0 aliphatic heterocycles. The lowest BCUT2D eigenvalue weighted by atomic mass is 10.1. The Labute approximate surface area is 176 Å². The van der Waals surface area contributed by atoms with Crippen LogP contribution in [0.5, 0.6) is 11.5 Å². The first-order chi connectivity index (χ1) is 14.6. The van der Waals surface area contributed by atoms with Crippen molar-refractivity contribution >= 4 is 5.91 Å². The van der Waals surface area contributed by atoms with Gasteiger partial charge in [-0.05, 0) is 43.5 Å². The maximum absolute atomic E-state index is 12.2. The predicted octanol–water partition coefficient (Wildman–Crippen LogP) is 3.82. The van der Waals surface area contributed by atoms with Crippen molar-refractivity contribution in [3.8, 4) is 22.9 Å². The number of rotatable bonds is 10. The van der Waals surface area contributed by atoms with E-state index in [2.05, 4.69) is 27.6 Å². The van der Waals surface area contributed by atoms with Gasteiger partial charge in [-0.1, -0.05) is 35.5 Å². The highest BCUT2D eigenvalue weighted by atomic mass is 16.5. The molecular formula is C23H27N3O4. The summed E-state index contributed by atoms with van der Waals surface area (Å²) < 4.78 is 15.8. The summed E-state index contributed by atoms with van der Waals surface area (Å²) in [4.78, 5) is 16.6. The molecule has 1 aromatic heterocycles. The zero-order valence-corrected chi connectivity index (χ0v) is 17.6. The minimum Gasteiger partial charge on any atom is -0.493 e. The van der Waals surface area contributed by atoms with E-state index in [0.29, 0.717) is 36.1 Å². The van der Waals surface area contributed by atoms with Crippen LogP contribution in [0.1, 0.15) is 31.2 Å². The second-order valence-electron chi connectivity index (χ2n) is 7.07. The average Bonchev–Trinajstić information content (AvgIpc) is 3.25. The van der Waals surface area contributed by atoms with Crippen molar-refractivity contribution in [2.45, 2.75) is 38.6 Å². The fraction of sp³-hybridized carbons (Fsp3) is 0.348. The van der Waals surface area contributed by atoms with Crippen LogP contribution in [-0.2, 0) is 17.6 Å². The molecule has 0 aliphatic carbocycles. The first-order valence-corrected chi connectivity index (χ1v) is 9.97. The molecule has 3 aromatic rings. The second kappa shape index (κ2) is 10.4. The number of methoxy groups -OCH3 is 2. The molecule has 0 aliphatic rings. The third-order valence-corrected chi connectivity index (χ3v) is 4.79. The highest BCUT2D eigenvalue weighted by Gasteiger charge is 2.14. The van der Waals surface area contributed by atoms with Crippen LogP contribution in [0, 0.1) is 0 Å². The Kier molecular flexibility index (Phi) is 7.43. The lowest BCUT2D eigenvalue weighted by Crippen LogP contribution is -2.33. The van der Waals surface area contributed by atoms with Crippen molar-refractivity contribution in [3.05, 3.63) is 60.0 Å². The highest BCUT2D eigenvalue weighted by Crippen LogP contribution is 2.31. The Balaban J connectivity index is 1.48. The van der Waals surface area contributed by atoms with E-state index in [9.17, 15) is 4.79 Å². The molecule has 7 heteroatoms. The van der Waals surface area contributed by atoms with Gasteiger partial charge in [0.25, 0.3) is 0 Å². The van der Waals surface area contributed by atoms with E-state index in [-0.39, 0.29) is 11.9 Å². The van der Waals surface area contributed by atoms with Gasteiger partial charge in [0.05, 0.1) is 14.2 Å².